The van der Waals surface area contributed by atoms with Crippen LogP contribution in [-0.2, 0) is 6.42 Å². The number of nitrogens with two attached hydrogens (primary N) is 1. The summed E-state index contributed by atoms with van der Waals surface area (Å²) in [6.07, 6.45) is 1.90. The molecule has 0 aliphatic rings. The van der Waals surface area contributed by atoms with Crippen molar-refractivity contribution in [3.63, 3.8) is 0 Å². The number of thioether (sulfide) groups is 1. The summed E-state index contributed by atoms with van der Waals surface area (Å²) in [5.41, 5.74) is 6.62. The molecule has 84 valence electrons. The lowest BCUT2D eigenvalue weighted by Crippen LogP contribution is -2.16. The average molecular weight is 226 g/mol. The number of aromatic nitrogens is 1. The molecule has 0 saturated heterocycles. The predicted octanol–water partition coefficient (Wildman–Crippen LogP) is 1.71. The second kappa shape index (κ2) is 5.98. The summed E-state index contributed by atoms with van der Waals surface area (Å²) in [5.74, 6) is 1.26. The van der Waals surface area contributed by atoms with Crippen LogP contribution in [0.25, 0.3) is 0 Å². The van der Waals surface area contributed by atoms with E-state index >= 15 is 0 Å². The van der Waals surface area contributed by atoms with Gasteiger partial charge in [0.05, 0.1) is 6.10 Å². The summed E-state index contributed by atoms with van der Waals surface area (Å²) in [6.45, 7) is 4.24. The van der Waals surface area contributed by atoms with E-state index in [0.29, 0.717) is 17.5 Å². The highest BCUT2D eigenvalue weighted by molar-refractivity contribution is 7.99. The number of hydrogen-bond donors (Lipinski definition) is 2. The molecule has 0 aliphatic heterocycles. The van der Waals surface area contributed by atoms with E-state index in [1.165, 1.54) is 0 Å². The van der Waals surface area contributed by atoms with Gasteiger partial charge in [-0.05, 0) is 16.9 Å². The Labute approximate surface area is 95.1 Å². The molecule has 1 aromatic heterocycles. The van der Waals surface area contributed by atoms with Gasteiger partial charge in [0, 0.05) is 18.4 Å². The van der Waals surface area contributed by atoms with Crippen LogP contribution in [0.3, 0.4) is 0 Å². The maximum absolute atomic E-state index is 9.77. The minimum absolute atomic E-state index is 0.344. The molecular formula is C11H18N2OS. The Balaban J connectivity index is 2.44. The fourth-order valence-electron chi connectivity index (χ4n) is 1.24. The quantitative estimate of drug-likeness (QED) is 0.802. The number of nitrogen functional groups attached to an aromatic ring is 1. The first-order valence-electron chi connectivity index (χ1n) is 5.08. The Kier molecular flexibility index (Phi) is 4.91. The van der Waals surface area contributed by atoms with Gasteiger partial charge in [0.2, 0.25) is 0 Å². The maximum atomic E-state index is 9.77. The zero-order valence-corrected chi connectivity index (χ0v) is 10.00. The summed E-state index contributed by atoms with van der Waals surface area (Å²) < 4.78 is 0. The first-order chi connectivity index (χ1) is 7.09. The largest absolute Gasteiger partial charge is 0.392 e. The molecule has 0 bridgehead atoms. The van der Waals surface area contributed by atoms with Crippen molar-refractivity contribution in [1.29, 1.82) is 0 Å². The number of aliphatic hydroxyl groups is 1. The van der Waals surface area contributed by atoms with Gasteiger partial charge < -0.3 is 10.8 Å². The van der Waals surface area contributed by atoms with Crippen LogP contribution in [-0.4, -0.2) is 27.2 Å². The van der Waals surface area contributed by atoms with Crippen LogP contribution < -0.4 is 5.73 Å². The van der Waals surface area contributed by atoms with E-state index in [-0.39, 0.29) is 6.10 Å². The van der Waals surface area contributed by atoms with E-state index in [1.54, 1.807) is 18.0 Å². The van der Waals surface area contributed by atoms with Gasteiger partial charge in [-0.1, -0.05) is 19.9 Å². The van der Waals surface area contributed by atoms with Crippen molar-refractivity contribution in [3.8, 4) is 0 Å². The molecule has 1 unspecified atom stereocenters. The zero-order valence-electron chi connectivity index (χ0n) is 9.18. The van der Waals surface area contributed by atoms with Gasteiger partial charge in [0.1, 0.15) is 5.82 Å². The third-order valence-electron chi connectivity index (χ3n) is 2.00. The minimum atomic E-state index is -0.344. The Morgan fingerprint density at radius 2 is 2.27 bits per heavy atom. The molecule has 15 heavy (non-hydrogen) atoms. The molecule has 1 rings (SSSR count). The highest BCUT2D eigenvalue weighted by Gasteiger charge is 2.09. The third-order valence-corrected chi connectivity index (χ3v) is 3.25. The maximum Gasteiger partial charge on any atom is 0.126 e. The Hall–Kier alpha value is -0.740. The molecule has 4 heteroatoms. The molecule has 1 heterocycles. The summed E-state index contributed by atoms with van der Waals surface area (Å²) in [7, 11) is 0. The van der Waals surface area contributed by atoms with Crippen LogP contribution in [0.2, 0.25) is 0 Å². The average Bonchev–Trinajstić information content (AvgIpc) is 2.18. The van der Waals surface area contributed by atoms with E-state index in [1.807, 2.05) is 12.1 Å². The Morgan fingerprint density at radius 3 is 2.87 bits per heavy atom. The molecule has 0 radical (unpaired) electrons. The molecule has 0 fully saturated rings. The van der Waals surface area contributed by atoms with Crippen LogP contribution in [0.5, 0.6) is 0 Å². The fraction of sp³-hybridized carbons (Fsp3) is 0.545. The molecule has 0 spiro atoms. The van der Waals surface area contributed by atoms with Crippen LogP contribution in [0, 0.1) is 0 Å². The second-order valence-corrected chi connectivity index (χ2v) is 5.40. The first kappa shape index (κ1) is 12.3. The van der Waals surface area contributed by atoms with Crippen molar-refractivity contribution in [1.82, 2.24) is 4.98 Å². The van der Waals surface area contributed by atoms with E-state index in [2.05, 4.69) is 18.8 Å². The molecule has 3 nitrogen and oxygen atoms in total. The Morgan fingerprint density at radius 1 is 1.53 bits per heavy atom. The molecule has 0 aromatic carbocycles. The van der Waals surface area contributed by atoms with Gasteiger partial charge in [-0.25, -0.2) is 4.98 Å². The smallest absolute Gasteiger partial charge is 0.126 e. The van der Waals surface area contributed by atoms with E-state index in [0.717, 1.165) is 11.3 Å². The van der Waals surface area contributed by atoms with Gasteiger partial charge >= 0.3 is 0 Å². The van der Waals surface area contributed by atoms with Crippen LogP contribution >= 0.6 is 11.8 Å². The number of pyridine rings is 1. The van der Waals surface area contributed by atoms with Crippen LogP contribution in [0.15, 0.2) is 18.3 Å². The van der Waals surface area contributed by atoms with Crippen molar-refractivity contribution in [2.45, 2.75) is 31.6 Å². The number of anilines is 1. The normalized spacial score (nSPS) is 13.1. The van der Waals surface area contributed by atoms with Crippen molar-refractivity contribution in [2.24, 2.45) is 0 Å². The first-order valence-corrected chi connectivity index (χ1v) is 6.13. The van der Waals surface area contributed by atoms with Crippen LogP contribution in [0.1, 0.15) is 19.4 Å². The summed E-state index contributed by atoms with van der Waals surface area (Å²) in [6, 6.07) is 3.75. The highest BCUT2D eigenvalue weighted by atomic mass is 32.2. The second-order valence-electron chi connectivity index (χ2n) is 3.79. The fourth-order valence-corrected chi connectivity index (χ4v) is 1.96. The van der Waals surface area contributed by atoms with E-state index in [9.17, 15) is 5.11 Å². The number of nitrogens with zero attached hydrogens (tertiary/aromatic N) is 1. The minimum Gasteiger partial charge on any atom is -0.392 e. The van der Waals surface area contributed by atoms with Crippen molar-refractivity contribution < 1.29 is 5.11 Å². The molecule has 0 amide bonds. The third kappa shape index (κ3) is 4.53. The van der Waals surface area contributed by atoms with E-state index in [4.69, 9.17) is 5.73 Å². The van der Waals surface area contributed by atoms with Crippen molar-refractivity contribution in [2.75, 3.05) is 11.5 Å². The SMILES string of the molecule is CC(C)SCC(O)Cc1cccnc1N. The van der Waals surface area contributed by atoms with Gasteiger partial charge in [0.15, 0.2) is 0 Å². The lowest BCUT2D eigenvalue weighted by Gasteiger charge is -2.12. The monoisotopic (exact) mass is 226 g/mol. The number of rotatable bonds is 5. The van der Waals surface area contributed by atoms with Gasteiger partial charge in [-0.3, -0.25) is 0 Å². The standard InChI is InChI=1S/C11H18N2OS/c1-8(2)15-7-10(14)6-9-4-3-5-13-11(9)12/h3-5,8,10,14H,6-7H2,1-2H3,(H2,12,13). The summed E-state index contributed by atoms with van der Waals surface area (Å²) >= 11 is 1.75. The Bertz CT molecular complexity index is 304. The summed E-state index contributed by atoms with van der Waals surface area (Å²) in [4.78, 5) is 3.99. The molecule has 0 saturated carbocycles. The van der Waals surface area contributed by atoms with Gasteiger partial charge in [0.25, 0.3) is 0 Å². The molecule has 3 N–H and O–H groups in total. The zero-order chi connectivity index (χ0) is 11.3. The number of aliphatic hydroxyl groups excluding tert-OH is 1. The number of hydrogen-bond acceptors (Lipinski definition) is 4. The lowest BCUT2D eigenvalue weighted by atomic mass is 10.1. The molecular weight excluding hydrogens is 208 g/mol. The highest BCUT2D eigenvalue weighted by Crippen LogP contribution is 2.15. The predicted molar refractivity (Wildman–Crippen MR) is 66.0 cm³/mol. The van der Waals surface area contributed by atoms with Crippen molar-refractivity contribution in [3.05, 3.63) is 23.9 Å². The lowest BCUT2D eigenvalue weighted by molar-refractivity contribution is 0.200. The molecule has 1 aromatic rings. The van der Waals surface area contributed by atoms with Crippen molar-refractivity contribution >= 4 is 17.6 Å². The topological polar surface area (TPSA) is 59.1 Å². The van der Waals surface area contributed by atoms with Gasteiger partial charge in [-0.15, -0.1) is 0 Å². The van der Waals surface area contributed by atoms with Gasteiger partial charge in [-0.2, -0.15) is 11.8 Å². The summed E-state index contributed by atoms with van der Waals surface area (Å²) in [5, 5.41) is 10.3. The molecule has 1 atom stereocenters. The van der Waals surface area contributed by atoms with E-state index < -0.39 is 0 Å². The molecule has 0 aliphatic carbocycles. The van der Waals surface area contributed by atoms with Crippen LogP contribution in [0.4, 0.5) is 5.82 Å².